The molecule has 3 rings (SSSR count). The predicted octanol–water partition coefficient (Wildman–Crippen LogP) is 3.85. The molecule has 1 aromatic rings. The van der Waals surface area contributed by atoms with Crippen molar-refractivity contribution in [3.05, 3.63) is 34.4 Å². The van der Waals surface area contributed by atoms with Crippen molar-refractivity contribution in [2.24, 2.45) is 17.8 Å². The monoisotopic (exact) mass is 256 g/mol. The molecule has 2 atom stereocenters. The lowest BCUT2D eigenvalue weighted by molar-refractivity contribution is 0.0951. The topological polar surface area (TPSA) is 17.1 Å². The number of hydrogen-bond donors (Lipinski definition) is 0. The Balaban J connectivity index is 1.89. The Labute approximate surface area is 103 Å². The summed E-state index contributed by atoms with van der Waals surface area (Å²) in [7, 11) is 0. The summed E-state index contributed by atoms with van der Waals surface area (Å²) in [5.74, 6) is -1.25. The average molecular weight is 257 g/mol. The summed E-state index contributed by atoms with van der Waals surface area (Å²) in [5.41, 5.74) is 0.130. The van der Waals surface area contributed by atoms with E-state index in [0.717, 1.165) is 25.0 Å². The summed E-state index contributed by atoms with van der Waals surface area (Å²) < 4.78 is 26.0. The molecule has 4 heteroatoms. The number of hydrogen-bond acceptors (Lipinski definition) is 1. The fourth-order valence-electron chi connectivity index (χ4n) is 3.10. The molecule has 17 heavy (non-hydrogen) atoms. The lowest BCUT2D eigenvalue weighted by atomic mass is 10.0. The number of fused-ring (bicyclic) bond motifs is 1. The molecular weight excluding hydrogens is 246 g/mol. The van der Waals surface area contributed by atoms with Crippen molar-refractivity contribution in [1.29, 1.82) is 0 Å². The summed E-state index contributed by atoms with van der Waals surface area (Å²) in [5, 5.41) is 0.0128. The van der Waals surface area contributed by atoms with Crippen LogP contribution in [0.1, 0.15) is 29.6 Å². The number of halogens is 3. The van der Waals surface area contributed by atoms with Crippen LogP contribution in [0.4, 0.5) is 8.78 Å². The highest BCUT2D eigenvalue weighted by atomic mass is 35.5. The molecule has 0 bridgehead atoms. The summed E-state index contributed by atoms with van der Waals surface area (Å²) in [4.78, 5) is 12.1. The first kappa shape index (κ1) is 11.1. The Kier molecular flexibility index (Phi) is 2.47. The van der Waals surface area contributed by atoms with Gasteiger partial charge in [-0.2, -0.15) is 0 Å². The Morgan fingerprint density at radius 2 is 1.76 bits per heavy atom. The molecular formula is C13H11ClF2O. The summed E-state index contributed by atoms with van der Waals surface area (Å²) in [6, 6.07) is 1.80. The molecule has 0 aliphatic heterocycles. The zero-order valence-electron chi connectivity index (χ0n) is 9.05. The minimum Gasteiger partial charge on any atom is -0.294 e. The molecule has 90 valence electrons. The van der Waals surface area contributed by atoms with E-state index in [1.807, 2.05) is 0 Å². The molecule has 0 amide bonds. The van der Waals surface area contributed by atoms with Crippen LogP contribution in [0.2, 0.25) is 5.02 Å². The van der Waals surface area contributed by atoms with Crippen molar-refractivity contribution in [3.8, 4) is 0 Å². The summed E-state index contributed by atoms with van der Waals surface area (Å²) >= 11 is 5.80. The third-order valence-electron chi connectivity index (χ3n) is 3.98. The first-order valence-electron chi connectivity index (χ1n) is 5.78. The quantitative estimate of drug-likeness (QED) is 0.580. The van der Waals surface area contributed by atoms with E-state index in [1.165, 1.54) is 6.42 Å². The molecule has 0 N–H and O–H groups in total. The van der Waals surface area contributed by atoms with Gasteiger partial charge < -0.3 is 0 Å². The second-order valence-corrected chi connectivity index (χ2v) is 5.30. The van der Waals surface area contributed by atoms with Gasteiger partial charge in [-0.05, 0) is 36.8 Å². The maximum Gasteiger partial charge on any atom is 0.168 e. The minimum absolute atomic E-state index is 0.00823. The van der Waals surface area contributed by atoms with Crippen LogP contribution in [-0.4, -0.2) is 5.78 Å². The van der Waals surface area contributed by atoms with Gasteiger partial charge in [0.05, 0.1) is 5.02 Å². The number of carbonyl (C=O) groups is 1. The Hall–Kier alpha value is -0.960. The van der Waals surface area contributed by atoms with Crippen molar-refractivity contribution < 1.29 is 13.6 Å². The largest absolute Gasteiger partial charge is 0.294 e. The van der Waals surface area contributed by atoms with Crippen molar-refractivity contribution in [2.75, 3.05) is 0 Å². The van der Waals surface area contributed by atoms with Crippen molar-refractivity contribution >= 4 is 17.4 Å². The van der Waals surface area contributed by atoms with E-state index in [9.17, 15) is 13.6 Å². The highest BCUT2D eigenvalue weighted by Crippen LogP contribution is 2.58. The number of Topliss-reactive ketones (excluding diaryl/α,β-unsaturated/α-hetero) is 1. The van der Waals surface area contributed by atoms with Gasteiger partial charge in [-0.1, -0.05) is 18.0 Å². The fraction of sp³-hybridized carbons (Fsp3) is 0.462. The molecule has 1 aromatic carbocycles. The smallest absolute Gasteiger partial charge is 0.168 e. The normalized spacial score (nSPS) is 30.2. The third kappa shape index (κ3) is 1.68. The van der Waals surface area contributed by atoms with Crippen LogP contribution in [0.3, 0.4) is 0 Å². The zero-order chi connectivity index (χ0) is 12.2. The molecule has 2 aliphatic rings. The maximum absolute atomic E-state index is 13.1. The fourth-order valence-corrected chi connectivity index (χ4v) is 3.34. The first-order valence-corrected chi connectivity index (χ1v) is 6.16. The summed E-state index contributed by atoms with van der Waals surface area (Å²) in [6.45, 7) is 0. The van der Waals surface area contributed by atoms with Gasteiger partial charge in [0, 0.05) is 11.5 Å². The molecule has 2 saturated carbocycles. The molecule has 2 unspecified atom stereocenters. The average Bonchev–Trinajstić information content (AvgIpc) is 2.76. The molecule has 0 radical (unpaired) electrons. The van der Waals surface area contributed by atoms with Gasteiger partial charge in [-0.25, -0.2) is 8.78 Å². The van der Waals surface area contributed by atoms with Gasteiger partial charge in [0.1, 0.15) is 0 Å². The van der Waals surface area contributed by atoms with Gasteiger partial charge in [0.25, 0.3) is 0 Å². The molecule has 0 heterocycles. The molecule has 1 nitrogen and oxygen atoms in total. The van der Waals surface area contributed by atoms with Crippen LogP contribution < -0.4 is 0 Å². The van der Waals surface area contributed by atoms with E-state index in [1.54, 1.807) is 0 Å². The van der Waals surface area contributed by atoms with Gasteiger partial charge >= 0.3 is 0 Å². The lowest BCUT2D eigenvalue weighted by Crippen LogP contribution is -2.08. The van der Waals surface area contributed by atoms with E-state index < -0.39 is 11.6 Å². The minimum atomic E-state index is -1.01. The lowest BCUT2D eigenvalue weighted by Gasteiger charge is -2.06. The van der Waals surface area contributed by atoms with Crippen LogP contribution in [0.15, 0.2) is 12.1 Å². The SMILES string of the molecule is O=C(c1cc(F)c(F)cc1Cl)C1C2CCCC21. The van der Waals surface area contributed by atoms with E-state index >= 15 is 0 Å². The molecule has 0 saturated heterocycles. The first-order chi connectivity index (χ1) is 8.09. The van der Waals surface area contributed by atoms with Crippen LogP contribution in [-0.2, 0) is 0 Å². The Morgan fingerprint density at radius 3 is 2.41 bits per heavy atom. The number of benzene rings is 1. The van der Waals surface area contributed by atoms with Crippen LogP contribution in [0, 0.1) is 29.4 Å². The van der Waals surface area contributed by atoms with Crippen molar-refractivity contribution in [3.63, 3.8) is 0 Å². The second kappa shape index (κ2) is 3.77. The van der Waals surface area contributed by atoms with E-state index in [2.05, 4.69) is 0 Å². The van der Waals surface area contributed by atoms with E-state index in [-0.39, 0.29) is 22.3 Å². The summed E-state index contributed by atoms with van der Waals surface area (Å²) in [6.07, 6.45) is 3.31. The number of ketones is 1. The van der Waals surface area contributed by atoms with Crippen LogP contribution >= 0.6 is 11.6 Å². The Bertz CT molecular complexity index is 490. The van der Waals surface area contributed by atoms with Crippen LogP contribution in [0.25, 0.3) is 0 Å². The second-order valence-electron chi connectivity index (χ2n) is 4.89. The highest BCUT2D eigenvalue weighted by molar-refractivity contribution is 6.34. The highest BCUT2D eigenvalue weighted by Gasteiger charge is 2.56. The van der Waals surface area contributed by atoms with Gasteiger partial charge in [0.15, 0.2) is 17.4 Å². The third-order valence-corrected chi connectivity index (χ3v) is 4.30. The molecule has 2 aliphatic carbocycles. The van der Waals surface area contributed by atoms with E-state index in [4.69, 9.17) is 11.6 Å². The molecule has 0 aromatic heterocycles. The van der Waals surface area contributed by atoms with Crippen molar-refractivity contribution in [2.45, 2.75) is 19.3 Å². The van der Waals surface area contributed by atoms with Gasteiger partial charge in [-0.15, -0.1) is 0 Å². The van der Waals surface area contributed by atoms with Crippen LogP contribution in [0.5, 0.6) is 0 Å². The molecule has 0 spiro atoms. The standard InChI is InChI=1S/C13H11ClF2O/c14-9-5-11(16)10(15)4-8(9)13(17)12-6-2-1-3-7(6)12/h4-7,12H,1-3H2. The van der Waals surface area contributed by atoms with Gasteiger partial charge in [0.2, 0.25) is 0 Å². The maximum atomic E-state index is 13.1. The van der Waals surface area contributed by atoms with Gasteiger partial charge in [-0.3, -0.25) is 4.79 Å². The van der Waals surface area contributed by atoms with Crippen molar-refractivity contribution in [1.82, 2.24) is 0 Å². The number of rotatable bonds is 2. The Morgan fingerprint density at radius 1 is 1.18 bits per heavy atom. The van der Waals surface area contributed by atoms with E-state index in [0.29, 0.717) is 11.8 Å². The predicted molar refractivity (Wildman–Crippen MR) is 60.0 cm³/mol. The molecule has 2 fully saturated rings. The number of carbonyl (C=O) groups excluding carboxylic acids is 1. The zero-order valence-corrected chi connectivity index (χ0v) is 9.81.